The van der Waals surface area contributed by atoms with E-state index >= 15 is 0 Å². The highest BCUT2D eigenvalue weighted by Gasteiger charge is 2.30. The number of rotatable bonds is 5. The lowest BCUT2D eigenvalue weighted by molar-refractivity contribution is -0.147. The summed E-state index contributed by atoms with van der Waals surface area (Å²) in [6, 6.07) is 0. The third-order valence-corrected chi connectivity index (χ3v) is 2.50. The minimum Gasteiger partial charge on any atom is -0.388 e. The second-order valence-corrected chi connectivity index (χ2v) is 4.20. The molecule has 0 bridgehead atoms. The Morgan fingerprint density at radius 1 is 1.44 bits per heavy atom. The quantitative estimate of drug-likeness (QED) is 0.871. The van der Waals surface area contributed by atoms with E-state index in [1.807, 2.05) is 6.92 Å². The SMILES string of the molecule is CCCN(Cc1nnsc1N)CC(F)(F)F. The molecule has 1 heterocycles. The molecular weight excluding hydrogens is 241 g/mol. The van der Waals surface area contributed by atoms with Gasteiger partial charge in [-0.05, 0) is 13.0 Å². The molecule has 16 heavy (non-hydrogen) atoms. The lowest BCUT2D eigenvalue weighted by atomic mass is 10.3. The summed E-state index contributed by atoms with van der Waals surface area (Å²) in [5.74, 6) is 0. The van der Waals surface area contributed by atoms with Crippen molar-refractivity contribution in [2.45, 2.75) is 26.1 Å². The number of alkyl halides is 3. The van der Waals surface area contributed by atoms with E-state index in [4.69, 9.17) is 5.73 Å². The fraction of sp³-hybridized carbons (Fsp3) is 0.750. The summed E-state index contributed by atoms with van der Waals surface area (Å²) in [5, 5.41) is 4.08. The number of anilines is 1. The predicted molar refractivity (Wildman–Crippen MR) is 55.9 cm³/mol. The molecule has 0 radical (unpaired) electrons. The maximum absolute atomic E-state index is 12.3. The Morgan fingerprint density at radius 2 is 2.12 bits per heavy atom. The van der Waals surface area contributed by atoms with Crippen molar-refractivity contribution >= 4 is 16.5 Å². The van der Waals surface area contributed by atoms with E-state index in [-0.39, 0.29) is 6.54 Å². The van der Waals surface area contributed by atoms with Gasteiger partial charge in [0.15, 0.2) is 0 Å². The van der Waals surface area contributed by atoms with E-state index in [0.717, 1.165) is 11.5 Å². The van der Waals surface area contributed by atoms with E-state index in [2.05, 4.69) is 9.59 Å². The summed E-state index contributed by atoms with van der Waals surface area (Å²) >= 11 is 0.991. The molecule has 0 fully saturated rings. The molecule has 0 aliphatic carbocycles. The topological polar surface area (TPSA) is 55.0 Å². The van der Waals surface area contributed by atoms with Gasteiger partial charge < -0.3 is 5.73 Å². The highest BCUT2D eigenvalue weighted by Crippen LogP contribution is 2.20. The molecule has 0 aromatic carbocycles. The van der Waals surface area contributed by atoms with Crippen LogP contribution in [0.25, 0.3) is 0 Å². The summed E-state index contributed by atoms with van der Waals surface area (Å²) in [4.78, 5) is 1.27. The smallest absolute Gasteiger partial charge is 0.388 e. The molecule has 0 aliphatic rings. The van der Waals surface area contributed by atoms with Crippen LogP contribution in [0.4, 0.5) is 18.2 Å². The molecule has 1 aromatic rings. The van der Waals surface area contributed by atoms with Gasteiger partial charge in [0.2, 0.25) is 0 Å². The van der Waals surface area contributed by atoms with Crippen molar-refractivity contribution in [2.24, 2.45) is 0 Å². The lowest BCUT2D eigenvalue weighted by Crippen LogP contribution is -2.34. The lowest BCUT2D eigenvalue weighted by Gasteiger charge is -2.21. The van der Waals surface area contributed by atoms with E-state index < -0.39 is 12.7 Å². The van der Waals surface area contributed by atoms with Crippen molar-refractivity contribution in [2.75, 3.05) is 18.8 Å². The largest absolute Gasteiger partial charge is 0.401 e. The second kappa shape index (κ2) is 5.44. The van der Waals surface area contributed by atoms with Gasteiger partial charge >= 0.3 is 6.18 Å². The van der Waals surface area contributed by atoms with Gasteiger partial charge in [0.05, 0.1) is 6.54 Å². The molecule has 0 amide bonds. The highest BCUT2D eigenvalue weighted by atomic mass is 32.1. The van der Waals surface area contributed by atoms with Crippen LogP contribution in [0, 0.1) is 0 Å². The van der Waals surface area contributed by atoms with Crippen molar-refractivity contribution in [3.63, 3.8) is 0 Å². The summed E-state index contributed by atoms with van der Waals surface area (Å²) in [7, 11) is 0. The van der Waals surface area contributed by atoms with Crippen molar-refractivity contribution < 1.29 is 13.2 Å². The molecule has 8 heteroatoms. The molecule has 1 rings (SSSR count). The van der Waals surface area contributed by atoms with Crippen molar-refractivity contribution in [3.8, 4) is 0 Å². The Hall–Kier alpha value is -0.890. The van der Waals surface area contributed by atoms with Gasteiger partial charge in [0.25, 0.3) is 0 Å². The van der Waals surface area contributed by atoms with Gasteiger partial charge in [-0.15, -0.1) is 5.10 Å². The molecule has 0 spiro atoms. The molecule has 0 unspecified atom stereocenters. The number of halogens is 3. The summed E-state index contributed by atoms with van der Waals surface area (Å²) in [6.07, 6.45) is -3.55. The third kappa shape index (κ3) is 4.31. The zero-order chi connectivity index (χ0) is 12.2. The van der Waals surface area contributed by atoms with Gasteiger partial charge in [-0.2, -0.15) is 13.2 Å². The minimum atomic E-state index is -4.20. The maximum atomic E-state index is 12.3. The normalized spacial score (nSPS) is 12.3. The van der Waals surface area contributed by atoms with E-state index in [9.17, 15) is 13.2 Å². The fourth-order valence-electron chi connectivity index (χ4n) is 1.32. The third-order valence-electron chi connectivity index (χ3n) is 1.90. The van der Waals surface area contributed by atoms with Crippen LogP contribution in [-0.4, -0.2) is 33.8 Å². The summed E-state index contributed by atoms with van der Waals surface area (Å²) < 4.78 is 40.3. The zero-order valence-corrected chi connectivity index (χ0v) is 9.61. The van der Waals surface area contributed by atoms with E-state index in [1.54, 1.807) is 0 Å². The van der Waals surface area contributed by atoms with Crippen LogP contribution < -0.4 is 5.73 Å². The first-order chi connectivity index (χ1) is 7.42. The van der Waals surface area contributed by atoms with Gasteiger partial charge in [-0.1, -0.05) is 11.4 Å². The van der Waals surface area contributed by atoms with E-state index in [0.29, 0.717) is 23.7 Å². The predicted octanol–water partition coefficient (Wildman–Crippen LogP) is 1.89. The molecule has 2 N–H and O–H groups in total. The standard InChI is InChI=1S/C8H13F3N4S/c1-2-3-15(5-8(9,10)11)4-6-7(12)16-14-13-6/h2-5,12H2,1H3. The molecule has 4 nitrogen and oxygen atoms in total. The van der Waals surface area contributed by atoms with Crippen molar-refractivity contribution in [1.82, 2.24) is 14.5 Å². The minimum absolute atomic E-state index is 0.0929. The van der Waals surface area contributed by atoms with Gasteiger partial charge in [0.1, 0.15) is 10.7 Å². The van der Waals surface area contributed by atoms with Crippen LogP contribution in [0.2, 0.25) is 0 Å². The second-order valence-electron chi connectivity index (χ2n) is 3.41. The van der Waals surface area contributed by atoms with Gasteiger partial charge in [-0.3, -0.25) is 4.90 Å². The Balaban J connectivity index is 2.61. The molecular formula is C8H13F3N4S. The van der Waals surface area contributed by atoms with Crippen LogP contribution in [0.5, 0.6) is 0 Å². The number of nitrogens with two attached hydrogens (primary N) is 1. The fourth-order valence-corrected chi connectivity index (χ4v) is 1.76. The molecule has 0 aliphatic heterocycles. The number of hydrogen-bond donors (Lipinski definition) is 1. The zero-order valence-electron chi connectivity index (χ0n) is 8.79. The number of nitrogen functional groups attached to an aromatic ring is 1. The monoisotopic (exact) mass is 254 g/mol. The number of hydrogen-bond acceptors (Lipinski definition) is 5. The molecule has 92 valence electrons. The summed E-state index contributed by atoms with van der Waals surface area (Å²) in [6.45, 7) is 1.33. The Kier molecular flexibility index (Phi) is 4.48. The first kappa shape index (κ1) is 13.2. The molecule has 1 aromatic heterocycles. The number of nitrogens with zero attached hydrogens (tertiary/aromatic N) is 3. The van der Waals surface area contributed by atoms with Crippen LogP contribution >= 0.6 is 11.5 Å². The maximum Gasteiger partial charge on any atom is 0.401 e. The Bertz CT molecular complexity index is 325. The van der Waals surface area contributed by atoms with Gasteiger partial charge in [0, 0.05) is 18.1 Å². The number of aromatic nitrogens is 2. The first-order valence-electron chi connectivity index (χ1n) is 4.78. The van der Waals surface area contributed by atoms with Gasteiger partial charge in [-0.25, -0.2) is 0 Å². The average Bonchev–Trinajstić information content (AvgIpc) is 2.49. The first-order valence-corrected chi connectivity index (χ1v) is 5.55. The molecule has 0 atom stereocenters. The van der Waals surface area contributed by atoms with Crippen LogP contribution in [0.3, 0.4) is 0 Å². The van der Waals surface area contributed by atoms with Crippen molar-refractivity contribution in [3.05, 3.63) is 5.69 Å². The van der Waals surface area contributed by atoms with Crippen LogP contribution in [0.1, 0.15) is 19.0 Å². The van der Waals surface area contributed by atoms with Crippen molar-refractivity contribution in [1.29, 1.82) is 0 Å². The average molecular weight is 254 g/mol. The molecule has 0 saturated carbocycles. The van der Waals surface area contributed by atoms with Crippen LogP contribution in [-0.2, 0) is 6.54 Å². The Labute approximate surface area is 95.4 Å². The highest BCUT2D eigenvalue weighted by molar-refractivity contribution is 7.09. The van der Waals surface area contributed by atoms with Crippen LogP contribution in [0.15, 0.2) is 0 Å². The summed E-state index contributed by atoms with van der Waals surface area (Å²) in [5.41, 5.74) is 5.95. The Morgan fingerprint density at radius 3 is 2.56 bits per heavy atom. The van der Waals surface area contributed by atoms with E-state index in [1.165, 1.54) is 4.90 Å². The molecule has 0 saturated heterocycles.